The monoisotopic (exact) mass is 669 g/mol. The van der Waals surface area contributed by atoms with Crippen molar-refractivity contribution in [3.8, 4) is 17.1 Å². The molecule has 2 saturated carbocycles. The summed E-state index contributed by atoms with van der Waals surface area (Å²) in [5.74, 6) is -1.34. The van der Waals surface area contributed by atoms with Gasteiger partial charge in [0.2, 0.25) is 11.8 Å². The molecule has 3 heterocycles. The molecule has 0 aromatic carbocycles. The Morgan fingerprint density at radius 1 is 1.13 bits per heavy atom. The van der Waals surface area contributed by atoms with E-state index in [0.717, 1.165) is 12.2 Å². The van der Waals surface area contributed by atoms with Crippen molar-refractivity contribution in [2.45, 2.75) is 107 Å². The van der Waals surface area contributed by atoms with Gasteiger partial charge in [0, 0.05) is 50.4 Å². The molecule has 2 amide bonds. The summed E-state index contributed by atoms with van der Waals surface area (Å²) >= 11 is 0. The number of aliphatic hydroxyl groups is 1. The summed E-state index contributed by atoms with van der Waals surface area (Å²) in [6.07, 6.45) is -2.20. The number of likely N-dealkylation sites (tertiary alicyclic amines) is 1. The van der Waals surface area contributed by atoms with Crippen LogP contribution in [0.15, 0.2) is 18.3 Å². The average Bonchev–Trinajstić information content (AvgIpc) is 3.62. The van der Waals surface area contributed by atoms with E-state index in [-0.39, 0.29) is 54.4 Å². The Labute approximate surface area is 266 Å². The fraction of sp³-hybridized carbons (Fsp3) is 0.677. The number of pyridine rings is 1. The molecule has 2 aromatic rings. The van der Waals surface area contributed by atoms with Crippen LogP contribution in [0.2, 0.25) is 25.7 Å². The smallest absolute Gasteiger partial charge is 0.417 e. The Morgan fingerprint density at radius 3 is 2.43 bits per heavy atom. The lowest BCUT2D eigenvalue weighted by Crippen LogP contribution is -2.54. The second-order valence-electron chi connectivity index (χ2n) is 14.2. The van der Waals surface area contributed by atoms with Crippen molar-refractivity contribution in [1.29, 1.82) is 0 Å². The normalized spacial score (nSPS) is 24.6. The molecule has 15 heteroatoms. The molecule has 10 nitrogen and oxygen atoms in total. The highest BCUT2D eigenvalue weighted by atomic mass is 28.3. The Balaban J connectivity index is 1.27. The van der Waals surface area contributed by atoms with Crippen molar-refractivity contribution in [2.24, 2.45) is 5.92 Å². The second kappa shape index (κ2) is 12.9. The van der Waals surface area contributed by atoms with Gasteiger partial charge in [-0.1, -0.05) is 19.6 Å². The van der Waals surface area contributed by atoms with Crippen molar-refractivity contribution < 1.29 is 41.7 Å². The summed E-state index contributed by atoms with van der Waals surface area (Å²) in [5.41, 5.74) is -2.57. The summed E-state index contributed by atoms with van der Waals surface area (Å²) in [5, 5.41) is 17.4. The molecule has 5 rings (SSSR count). The van der Waals surface area contributed by atoms with Crippen LogP contribution in [0.1, 0.15) is 61.9 Å². The van der Waals surface area contributed by atoms with Gasteiger partial charge >= 0.3 is 6.18 Å². The molecular formula is C31H43F4N5O5Si. The van der Waals surface area contributed by atoms with E-state index >= 15 is 4.39 Å². The first kappa shape index (κ1) is 34.3. The highest BCUT2D eigenvalue weighted by molar-refractivity contribution is 6.76. The van der Waals surface area contributed by atoms with Gasteiger partial charge in [-0.25, -0.2) is 14.1 Å². The van der Waals surface area contributed by atoms with Crippen LogP contribution in [0, 0.1) is 11.7 Å². The number of nitrogens with zero attached hydrogens (tertiary/aromatic N) is 4. The maximum atomic E-state index is 15.0. The van der Waals surface area contributed by atoms with Crippen LogP contribution >= 0.6 is 0 Å². The maximum absolute atomic E-state index is 15.0. The first-order valence-corrected chi connectivity index (χ1v) is 19.5. The number of aromatic nitrogens is 3. The van der Waals surface area contributed by atoms with E-state index in [1.165, 1.54) is 17.9 Å². The van der Waals surface area contributed by atoms with Gasteiger partial charge in [0.15, 0.2) is 17.1 Å². The number of methoxy groups -OCH3 is 1. The van der Waals surface area contributed by atoms with Gasteiger partial charge < -0.3 is 24.8 Å². The summed E-state index contributed by atoms with van der Waals surface area (Å²) in [7, 11) is 0.0700. The topological polar surface area (TPSA) is 119 Å². The molecule has 1 aliphatic heterocycles. The molecule has 0 radical (unpaired) electrons. The van der Waals surface area contributed by atoms with Gasteiger partial charge in [0.1, 0.15) is 6.73 Å². The van der Waals surface area contributed by atoms with E-state index in [1.54, 1.807) is 11.0 Å². The molecule has 2 aliphatic carbocycles. The van der Waals surface area contributed by atoms with Crippen LogP contribution in [-0.4, -0.2) is 88.3 Å². The molecule has 3 fully saturated rings. The van der Waals surface area contributed by atoms with Gasteiger partial charge in [-0.2, -0.15) is 18.3 Å². The summed E-state index contributed by atoms with van der Waals surface area (Å²) < 4.78 is 67.1. The van der Waals surface area contributed by atoms with Crippen molar-refractivity contribution >= 4 is 19.9 Å². The molecule has 0 bridgehead atoms. The van der Waals surface area contributed by atoms with E-state index in [4.69, 9.17) is 9.47 Å². The van der Waals surface area contributed by atoms with Crippen molar-refractivity contribution in [2.75, 3.05) is 20.3 Å². The van der Waals surface area contributed by atoms with Crippen LogP contribution in [0.3, 0.4) is 0 Å². The highest BCUT2D eigenvalue weighted by Crippen LogP contribution is 2.51. The van der Waals surface area contributed by atoms with Crippen LogP contribution in [0.4, 0.5) is 17.6 Å². The first-order valence-electron chi connectivity index (χ1n) is 15.8. The largest absolute Gasteiger partial charge is 0.481 e. The van der Waals surface area contributed by atoms with E-state index in [9.17, 15) is 27.9 Å². The lowest BCUT2D eigenvalue weighted by Gasteiger charge is -2.41. The number of alkyl halides is 3. The molecule has 2 N–H and O–H groups in total. The summed E-state index contributed by atoms with van der Waals surface area (Å²) in [6.45, 7) is 7.54. The predicted octanol–water partition coefficient (Wildman–Crippen LogP) is 5.14. The van der Waals surface area contributed by atoms with E-state index in [0.29, 0.717) is 44.5 Å². The number of halogens is 4. The lowest BCUT2D eigenvalue weighted by atomic mass is 9.81. The number of amides is 2. The van der Waals surface area contributed by atoms with E-state index in [2.05, 4.69) is 35.0 Å². The quantitative estimate of drug-likeness (QED) is 0.204. The molecule has 2 aromatic heterocycles. The van der Waals surface area contributed by atoms with Gasteiger partial charge in [0.05, 0.1) is 19.0 Å². The number of hydrogen-bond acceptors (Lipinski definition) is 7. The zero-order chi connectivity index (χ0) is 33.5. The first-order chi connectivity index (χ1) is 21.5. The van der Waals surface area contributed by atoms with Crippen LogP contribution in [0.5, 0.6) is 5.88 Å². The van der Waals surface area contributed by atoms with Gasteiger partial charge in [-0.3, -0.25) is 9.59 Å². The summed E-state index contributed by atoms with van der Waals surface area (Å²) in [6, 6.07) is 3.48. The average molecular weight is 670 g/mol. The number of carbonyl (C=O) groups is 2. The lowest BCUT2D eigenvalue weighted by molar-refractivity contribution is -0.270. The number of carbonyl (C=O) groups excluding carboxylic acids is 2. The fourth-order valence-electron chi connectivity index (χ4n) is 6.43. The SMILES string of the molecule is COc1cc(-c2cc(C(=O)N3CCC(C(=O)NC4CCC(O)(C(F)(F)F)CC4)CC34CC4)nn2COCC[Si](C)(C)C)c(F)cn1. The Hall–Kier alpha value is -3.04. The Bertz CT molecular complexity index is 1430. The molecule has 254 valence electrons. The third-order valence-corrected chi connectivity index (χ3v) is 11.3. The Kier molecular flexibility index (Phi) is 9.59. The number of piperidine rings is 1. The fourth-order valence-corrected chi connectivity index (χ4v) is 7.18. The minimum atomic E-state index is -4.70. The molecule has 3 aliphatic rings. The summed E-state index contributed by atoms with van der Waals surface area (Å²) in [4.78, 5) is 32.8. The number of nitrogens with one attached hydrogen (secondary N) is 1. The van der Waals surface area contributed by atoms with Crippen LogP contribution < -0.4 is 10.1 Å². The van der Waals surface area contributed by atoms with Gasteiger partial charge in [0.25, 0.3) is 5.91 Å². The molecule has 1 spiro atoms. The molecule has 1 unspecified atom stereocenters. The minimum Gasteiger partial charge on any atom is -0.481 e. The predicted molar refractivity (Wildman–Crippen MR) is 163 cm³/mol. The zero-order valence-electron chi connectivity index (χ0n) is 26.8. The van der Waals surface area contributed by atoms with Crippen molar-refractivity contribution in [1.82, 2.24) is 25.0 Å². The van der Waals surface area contributed by atoms with Gasteiger partial charge in [-0.15, -0.1) is 0 Å². The minimum absolute atomic E-state index is 0.0199. The third kappa shape index (κ3) is 7.41. The van der Waals surface area contributed by atoms with Gasteiger partial charge in [-0.05, 0) is 63.5 Å². The van der Waals surface area contributed by atoms with Crippen molar-refractivity contribution in [3.63, 3.8) is 0 Å². The van der Waals surface area contributed by atoms with E-state index in [1.807, 2.05) is 0 Å². The molecule has 46 heavy (non-hydrogen) atoms. The second-order valence-corrected chi connectivity index (χ2v) is 19.8. The van der Waals surface area contributed by atoms with Crippen molar-refractivity contribution in [3.05, 3.63) is 29.8 Å². The standard InChI is InChI=1S/C31H43F4N5O5Si/c1-44-26-15-22(23(32)18-36-26)25-16-24(38-40(25)19-45-13-14-46(2,3)4)28(42)39-12-7-20(17-29(39)10-11-29)27(41)37-21-5-8-30(43,9-6-21)31(33,34)35/h15-16,18,20-21,43H,5-14,17,19H2,1-4H3,(H,37,41). The third-order valence-electron chi connectivity index (χ3n) is 9.55. The highest BCUT2D eigenvalue weighted by Gasteiger charge is 2.56. The Morgan fingerprint density at radius 2 is 1.83 bits per heavy atom. The maximum Gasteiger partial charge on any atom is 0.417 e. The molecule has 1 atom stereocenters. The van der Waals surface area contributed by atoms with Crippen LogP contribution in [-0.2, 0) is 16.3 Å². The molecular weight excluding hydrogens is 626 g/mol. The molecule has 1 saturated heterocycles. The number of rotatable bonds is 10. The van der Waals surface area contributed by atoms with E-state index < -0.39 is 50.1 Å². The number of ether oxygens (including phenoxy) is 2. The zero-order valence-corrected chi connectivity index (χ0v) is 27.8. The number of hydrogen-bond donors (Lipinski definition) is 2. The van der Waals surface area contributed by atoms with Crippen LogP contribution in [0.25, 0.3) is 11.3 Å².